The Labute approximate surface area is 160 Å². The van der Waals surface area contributed by atoms with E-state index in [-0.39, 0.29) is 24.2 Å². The standard InChI is InChI=1S/C21H18FN3O3/c22-18-8-6-15(7-9-18)16-10-12-24(13-11-16)19(26)14-25-21(27)28-20(23-25)17-4-2-1-3-5-17/h1-10H,11-14H2. The molecule has 6 nitrogen and oxygen atoms in total. The average Bonchev–Trinajstić information content (AvgIpc) is 3.10. The lowest BCUT2D eigenvalue weighted by atomic mass is 9.99. The summed E-state index contributed by atoms with van der Waals surface area (Å²) < 4.78 is 19.3. The van der Waals surface area contributed by atoms with Crippen molar-refractivity contribution in [1.82, 2.24) is 14.7 Å². The molecule has 0 fully saturated rings. The molecule has 28 heavy (non-hydrogen) atoms. The molecule has 0 N–H and O–H groups in total. The fourth-order valence-corrected chi connectivity index (χ4v) is 3.15. The van der Waals surface area contributed by atoms with Crippen molar-refractivity contribution in [3.8, 4) is 11.5 Å². The predicted molar refractivity (Wildman–Crippen MR) is 102 cm³/mol. The fraction of sp³-hybridized carbons (Fsp3) is 0.190. The summed E-state index contributed by atoms with van der Waals surface area (Å²) in [7, 11) is 0. The first kappa shape index (κ1) is 17.9. The monoisotopic (exact) mass is 379 g/mol. The molecule has 2 aromatic carbocycles. The van der Waals surface area contributed by atoms with E-state index in [0.717, 1.165) is 15.8 Å². The molecular formula is C21H18FN3O3. The number of hydrogen-bond donors (Lipinski definition) is 0. The van der Waals surface area contributed by atoms with Crippen LogP contribution in [-0.2, 0) is 11.3 Å². The smallest absolute Gasteiger partial charge is 0.388 e. The van der Waals surface area contributed by atoms with Gasteiger partial charge in [0, 0.05) is 18.7 Å². The summed E-state index contributed by atoms with van der Waals surface area (Å²) in [6.07, 6.45) is 2.62. The molecule has 1 amide bonds. The molecule has 7 heteroatoms. The summed E-state index contributed by atoms with van der Waals surface area (Å²) in [5, 5.41) is 4.12. The number of carbonyl (C=O) groups excluding carboxylic acids is 1. The molecular weight excluding hydrogens is 361 g/mol. The van der Waals surface area contributed by atoms with Gasteiger partial charge in [0.1, 0.15) is 12.4 Å². The Kier molecular flexibility index (Phi) is 4.89. The minimum atomic E-state index is -0.660. The van der Waals surface area contributed by atoms with Crippen LogP contribution in [-0.4, -0.2) is 33.7 Å². The summed E-state index contributed by atoms with van der Waals surface area (Å²) in [5.41, 5.74) is 2.71. The Morgan fingerprint density at radius 2 is 1.82 bits per heavy atom. The Balaban J connectivity index is 1.43. The van der Waals surface area contributed by atoms with Gasteiger partial charge in [0.05, 0.1) is 0 Å². The quantitative estimate of drug-likeness (QED) is 0.699. The van der Waals surface area contributed by atoms with E-state index in [0.29, 0.717) is 25.1 Å². The van der Waals surface area contributed by atoms with Crippen LogP contribution in [0.1, 0.15) is 12.0 Å². The fourth-order valence-electron chi connectivity index (χ4n) is 3.15. The second kappa shape index (κ2) is 7.64. The Bertz CT molecular complexity index is 1070. The van der Waals surface area contributed by atoms with Crippen LogP contribution in [0.2, 0.25) is 0 Å². The highest BCUT2D eigenvalue weighted by Crippen LogP contribution is 2.22. The molecule has 0 aliphatic carbocycles. The number of aromatic nitrogens is 2. The summed E-state index contributed by atoms with van der Waals surface area (Å²) in [4.78, 5) is 26.2. The van der Waals surface area contributed by atoms with E-state index in [4.69, 9.17) is 4.42 Å². The molecule has 0 radical (unpaired) electrons. The summed E-state index contributed by atoms with van der Waals surface area (Å²) in [5.74, 6) is -0.948. The van der Waals surface area contributed by atoms with E-state index in [1.165, 1.54) is 12.1 Å². The minimum absolute atomic E-state index is 0.172. The topological polar surface area (TPSA) is 68.3 Å². The SMILES string of the molecule is O=C(Cn1nc(-c2ccccc2)oc1=O)N1CC=C(c2ccc(F)cc2)CC1. The van der Waals surface area contributed by atoms with Gasteiger partial charge in [0.15, 0.2) is 0 Å². The molecule has 1 aliphatic heterocycles. The Morgan fingerprint density at radius 1 is 1.07 bits per heavy atom. The van der Waals surface area contributed by atoms with Crippen LogP contribution >= 0.6 is 0 Å². The number of nitrogens with zero attached hydrogens (tertiary/aromatic N) is 3. The van der Waals surface area contributed by atoms with Crippen molar-refractivity contribution in [3.63, 3.8) is 0 Å². The van der Waals surface area contributed by atoms with Crippen molar-refractivity contribution in [2.45, 2.75) is 13.0 Å². The van der Waals surface area contributed by atoms with Crippen molar-refractivity contribution >= 4 is 11.5 Å². The van der Waals surface area contributed by atoms with Crippen molar-refractivity contribution < 1.29 is 13.6 Å². The molecule has 0 saturated carbocycles. The Hall–Kier alpha value is -3.48. The van der Waals surface area contributed by atoms with Gasteiger partial charge in [-0.1, -0.05) is 36.4 Å². The van der Waals surface area contributed by atoms with Gasteiger partial charge in [-0.15, -0.1) is 5.10 Å². The van der Waals surface area contributed by atoms with Gasteiger partial charge < -0.3 is 9.32 Å². The molecule has 0 bridgehead atoms. The number of amides is 1. The number of benzene rings is 2. The van der Waals surface area contributed by atoms with Gasteiger partial charge >= 0.3 is 5.76 Å². The van der Waals surface area contributed by atoms with E-state index in [9.17, 15) is 14.0 Å². The highest BCUT2D eigenvalue weighted by molar-refractivity contribution is 5.78. The van der Waals surface area contributed by atoms with Gasteiger partial charge in [-0.3, -0.25) is 4.79 Å². The van der Waals surface area contributed by atoms with Gasteiger partial charge in [0.2, 0.25) is 11.8 Å². The third-order valence-electron chi connectivity index (χ3n) is 4.69. The van der Waals surface area contributed by atoms with Crippen LogP contribution in [0.25, 0.3) is 17.0 Å². The van der Waals surface area contributed by atoms with Gasteiger partial charge in [-0.05, 0) is 41.8 Å². The Morgan fingerprint density at radius 3 is 2.50 bits per heavy atom. The maximum atomic E-state index is 13.1. The molecule has 1 aromatic heterocycles. The van der Waals surface area contributed by atoms with Crippen LogP contribution in [0.4, 0.5) is 4.39 Å². The van der Waals surface area contributed by atoms with Crippen LogP contribution in [0.15, 0.2) is 69.9 Å². The van der Waals surface area contributed by atoms with Crippen LogP contribution in [0, 0.1) is 5.82 Å². The van der Waals surface area contributed by atoms with Crippen molar-refractivity contribution in [2.75, 3.05) is 13.1 Å². The molecule has 0 atom stereocenters. The highest BCUT2D eigenvalue weighted by Gasteiger charge is 2.20. The molecule has 2 heterocycles. The molecule has 142 valence electrons. The van der Waals surface area contributed by atoms with E-state index in [1.807, 2.05) is 24.3 Å². The molecule has 0 spiro atoms. The van der Waals surface area contributed by atoms with Crippen LogP contribution in [0.3, 0.4) is 0 Å². The van der Waals surface area contributed by atoms with Gasteiger partial charge in [-0.25, -0.2) is 9.18 Å². The molecule has 0 unspecified atom stereocenters. The van der Waals surface area contributed by atoms with Gasteiger partial charge in [0.25, 0.3) is 0 Å². The number of carbonyl (C=O) groups is 1. The molecule has 1 aliphatic rings. The number of halogens is 1. The normalized spacial score (nSPS) is 14.0. The number of hydrogen-bond acceptors (Lipinski definition) is 4. The van der Waals surface area contributed by atoms with Crippen LogP contribution in [0.5, 0.6) is 0 Å². The second-order valence-corrected chi connectivity index (χ2v) is 6.52. The zero-order valence-electron chi connectivity index (χ0n) is 15.0. The van der Waals surface area contributed by atoms with E-state index in [2.05, 4.69) is 5.10 Å². The van der Waals surface area contributed by atoms with Gasteiger partial charge in [-0.2, -0.15) is 4.68 Å². The molecule has 0 saturated heterocycles. The summed E-state index contributed by atoms with van der Waals surface area (Å²) in [6.45, 7) is 0.790. The first-order valence-electron chi connectivity index (χ1n) is 8.96. The molecule has 3 aromatic rings. The second-order valence-electron chi connectivity index (χ2n) is 6.52. The third-order valence-corrected chi connectivity index (χ3v) is 4.69. The largest absolute Gasteiger partial charge is 0.437 e. The van der Waals surface area contributed by atoms with E-state index in [1.54, 1.807) is 29.2 Å². The predicted octanol–water partition coefficient (Wildman–Crippen LogP) is 2.96. The first-order valence-corrected chi connectivity index (χ1v) is 8.96. The maximum absolute atomic E-state index is 13.1. The lowest BCUT2D eigenvalue weighted by Crippen LogP contribution is -2.38. The highest BCUT2D eigenvalue weighted by atomic mass is 19.1. The summed E-state index contributed by atoms with van der Waals surface area (Å²) in [6, 6.07) is 15.4. The zero-order chi connectivity index (χ0) is 19.5. The van der Waals surface area contributed by atoms with Crippen LogP contribution < -0.4 is 5.76 Å². The lowest BCUT2D eigenvalue weighted by molar-refractivity contribution is -0.131. The number of rotatable bonds is 4. The van der Waals surface area contributed by atoms with E-state index < -0.39 is 5.76 Å². The van der Waals surface area contributed by atoms with Crippen molar-refractivity contribution in [2.24, 2.45) is 0 Å². The molecule has 4 rings (SSSR count). The lowest BCUT2D eigenvalue weighted by Gasteiger charge is -2.26. The maximum Gasteiger partial charge on any atom is 0.437 e. The van der Waals surface area contributed by atoms with Crippen molar-refractivity contribution in [3.05, 3.63) is 82.6 Å². The third kappa shape index (κ3) is 3.78. The zero-order valence-corrected chi connectivity index (χ0v) is 15.0. The minimum Gasteiger partial charge on any atom is -0.388 e. The summed E-state index contributed by atoms with van der Waals surface area (Å²) >= 11 is 0. The van der Waals surface area contributed by atoms with Crippen molar-refractivity contribution in [1.29, 1.82) is 0 Å². The first-order chi connectivity index (χ1) is 13.6. The van der Waals surface area contributed by atoms with E-state index >= 15 is 0 Å². The average molecular weight is 379 g/mol.